The highest BCUT2D eigenvalue weighted by atomic mass is 16.5. The zero-order valence-corrected chi connectivity index (χ0v) is 16.5. The molecule has 0 bridgehead atoms. The molecule has 1 heterocycles. The molecule has 0 aliphatic carbocycles. The molecule has 1 aliphatic heterocycles. The van der Waals surface area contributed by atoms with Crippen molar-refractivity contribution in [3.63, 3.8) is 0 Å². The van der Waals surface area contributed by atoms with Gasteiger partial charge in [0.1, 0.15) is 5.75 Å². The van der Waals surface area contributed by atoms with Crippen molar-refractivity contribution in [2.24, 2.45) is 0 Å². The molecule has 29 heavy (non-hydrogen) atoms. The van der Waals surface area contributed by atoms with Crippen LogP contribution in [0.25, 0.3) is 10.8 Å². The highest BCUT2D eigenvalue weighted by Crippen LogP contribution is 2.40. The normalized spacial score (nSPS) is 12.4. The molecule has 3 aromatic carbocycles. The van der Waals surface area contributed by atoms with Gasteiger partial charge in [0.25, 0.3) is 5.91 Å². The van der Waals surface area contributed by atoms with E-state index in [0.717, 1.165) is 40.7 Å². The van der Waals surface area contributed by atoms with Gasteiger partial charge in [0.15, 0.2) is 0 Å². The summed E-state index contributed by atoms with van der Waals surface area (Å²) in [7, 11) is 0. The summed E-state index contributed by atoms with van der Waals surface area (Å²) in [5, 5.41) is 4.79. The lowest BCUT2D eigenvalue weighted by molar-refractivity contribution is -0.116. The topological polar surface area (TPSA) is 58.6 Å². The minimum Gasteiger partial charge on any atom is -0.493 e. The number of unbranched alkanes of at least 4 members (excludes halogenated alkanes) is 1. The lowest BCUT2D eigenvalue weighted by atomic mass is 10.0. The van der Waals surface area contributed by atoms with Gasteiger partial charge in [-0.2, -0.15) is 0 Å². The Labute approximate surface area is 170 Å². The van der Waals surface area contributed by atoms with Crippen LogP contribution in [0.5, 0.6) is 5.75 Å². The van der Waals surface area contributed by atoms with E-state index in [0.29, 0.717) is 18.7 Å². The fourth-order valence-corrected chi connectivity index (χ4v) is 3.68. The lowest BCUT2D eigenvalue weighted by Gasteiger charge is -2.17. The lowest BCUT2D eigenvalue weighted by Crippen LogP contribution is -2.27. The van der Waals surface area contributed by atoms with Crippen LogP contribution in [0.4, 0.5) is 11.4 Å². The summed E-state index contributed by atoms with van der Waals surface area (Å²) in [6, 6.07) is 18.9. The number of amides is 2. The van der Waals surface area contributed by atoms with Crippen molar-refractivity contribution >= 4 is 34.0 Å². The Morgan fingerprint density at radius 1 is 1.03 bits per heavy atom. The number of nitrogens with one attached hydrogen (secondary N) is 1. The van der Waals surface area contributed by atoms with Crippen molar-refractivity contribution in [1.82, 2.24) is 0 Å². The van der Waals surface area contributed by atoms with Crippen molar-refractivity contribution in [3.8, 4) is 5.75 Å². The number of anilines is 2. The van der Waals surface area contributed by atoms with Crippen molar-refractivity contribution in [3.05, 3.63) is 66.2 Å². The van der Waals surface area contributed by atoms with E-state index in [1.54, 1.807) is 0 Å². The molecule has 0 aromatic heterocycles. The molecule has 3 aromatic rings. The third-order valence-corrected chi connectivity index (χ3v) is 5.14. The van der Waals surface area contributed by atoms with Gasteiger partial charge >= 0.3 is 0 Å². The smallest absolute Gasteiger partial charge is 0.258 e. The highest BCUT2D eigenvalue weighted by molar-refractivity contribution is 6.27. The van der Waals surface area contributed by atoms with E-state index in [4.69, 9.17) is 4.74 Å². The van der Waals surface area contributed by atoms with Crippen LogP contribution in [0, 0.1) is 0 Å². The highest BCUT2D eigenvalue weighted by Gasteiger charge is 2.30. The average molecular weight is 388 g/mol. The number of carbonyl (C=O) groups is 2. The number of nitrogens with zero attached hydrogens (tertiary/aromatic N) is 1. The number of para-hydroxylation sites is 1. The number of hydrogen-bond donors (Lipinski definition) is 1. The van der Waals surface area contributed by atoms with Crippen molar-refractivity contribution in [2.45, 2.75) is 26.2 Å². The minimum absolute atomic E-state index is 0.0405. The van der Waals surface area contributed by atoms with Crippen molar-refractivity contribution < 1.29 is 14.3 Å². The van der Waals surface area contributed by atoms with Gasteiger partial charge in [-0.25, -0.2) is 0 Å². The second kappa shape index (κ2) is 8.35. The van der Waals surface area contributed by atoms with E-state index in [2.05, 4.69) is 12.2 Å². The monoisotopic (exact) mass is 388 g/mol. The number of hydrogen-bond acceptors (Lipinski definition) is 3. The van der Waals surface area contributed by atoms with E-state index < -0.39 is 0 Å². The summed E-state index contributed by atoms with van der Waals surface area (Å²) in [4.78, 5) is 27.1. The third kappa shape index (κ3) is 3.81. The van der Waals surface area contributed by atoms with Crippen molar-refractivity contribution in [2.75, 3.05) is 23.4 Å². The molecule has 0 fully saturated rings. The fraction of sp³-hybridized carbons (Fsp3) is 0.250. The van der Waals surface area contributed by atoms with Crippen LogP contribution in [0.2, 0.25) is 0 Å². The summed E-state index contributed by atoms with van der Waals surface area (Å²) in [5.41, 5.74) is 2.36. The van der Waals surface area contributed by atoms with Gasteiger partial charge in [0.05, 0.1) is 18.7 Å². The molecule has 0 saturated heterocycles. The van der Waals surface area contributed by atoms with E-state index >= 15 is 0 Å². The Balaban J connectivity index is 1.50. The Hall–Kier alpha value is -3.34. The quantitative estimate of drug-likeness (QED) is 0.590. The summed E-state index contributed by atoms with van der Waals surface area (Å²) >= 11 is 0. The predicted octanol–water partition coefficient (Wildman–Crippen LogP) is 5.01. The second-order valence-electron chi connectivity index (χ2n) is 7.13. The first-order valence-electron chi connectivity index (χ1n) is 10.0. The standard InChI is InChI=1S/C24H24N2O3/c1-2-3-15-26-21-13-12-20(18-10-7-11-19(23(18)21)24(26)28)25-22(27)14-16-29-17-8-5-4-6-9-17/h4-13H,2-3,14-16H2,1H3,(H,25,27). The number of benzene rings is 3. The molecule has 5 heteroatoms. The molecule has 0 atom stereocenters. The first kappa shape index (κ1) is 19.0. The van der Waals surface area contributed by atoms with Crippen molar-refractivity contribution in [1.29, 1.82) is 0 Å². The summed E-state index contributed by atoms with van der Waals surface area (Å²) in [6.07, 6.45) is 2.24. The SMILES string of the molecule is CCCCN1C(=O)c2cccc3c(NC(=O)CCOc4ccccc4)ccc1c23. The van der Waals surface area contributed by atoms with Crippen LogP contribution in [-0.4, -0.2) is 25.0 Å². The maximum atomic E-state index is 12.8. The maximum Gasteiger partial charge on any atom is 0.258 e. The molecule has 1 N–H and O–H groups in total. The number of rotatable bonds is 8. The number of carbonyl (C=O) groups excluding carboxylic acids is 2. The van der Waals surface area contributed by atoms with Crippen LogP contribution in [0.15, 0.2) is 60.7 Å². The van der Waals surface area contributed by atoms with E-state index in [-0.39, 0.29) is 18.2 Å². The fourth-order valence-electron chi connectivity index (χ4n) is 3.68. The van der Waals surface area contributed by atoms with Crippen LogP contribution in [0.1, 0.15) is 36.5 Å². The Kier molecular flexibility index (Phi) is 5.47. The Morgan fingerprint density at radius 2 is 1.86 bits per heavy atom. The molecular formula is C24H24N2O3. The maximum absolute atomic E-state index is 12.8. The average Bonchev–Trinajstić information content (AvgIpc) is 3.02. The predicted molar refractivity (Wildman–Crippen MR) is 116 cm³/mol. The third-order valence-electron chi connectivity index (χ3n) is 5.14. The van der Waals surface area contributed by atoms with Gasteiger partial charge in [-0.05, 0) is 36.8 Å². The second-order valence-corrected chi connectivity index (χ2v) is 7.13. The largest absolute Gasteiger partial charge is 0.493 e. The minimum atomic E-state index is -0.117. The van der Waals surface area contributed by atoms with Crippen LogP contribution >= 0.6 is 0 Å². The van der Waals surface area contributed by atoms with E-state index in [9.17, 15) is 9.59 Å². The molecule has 4 rings (SSSR count). The van der Waals surface area contributed by atoms with Gasteiger partial charge < -0.3 is 15.0 Å². The summed E-state index contributed by atoms with van der Waals surface area (Å²) < 4.78 is 5.60. The molecule has 0 unspecified atom stereocenters. The van der Waals surface area contributed by atoms with Crippen LogP contribution in [0.3, 0.4) is 0 Å². The molecular weight excluding hydrogens is 364 g/mol. The Bertz CT molecular complexity index is 1050. The molecule has 2 amide bonds. The molecule has 5 nitrogen and oxygen atoms in total. The molecule has 0 spiro atoms. The van der Waals surface area contributed by atoms with Gasteiger partial charge in [0, 0.05) is 28.6 Å². The summed E-state index contributed by atoms with van der Waals surface area (Å²) in [6.45, 7) is 3.13. The number of ether oxygens (including phenoxy) is 1. The molecule has 1 aliphatic rings. The first-order valence-corrected chi connectivity index (χ1v) is 10.0. The van der Waals surface area contributed by atoms with E-state index in [1.165, 1.54) is 0 Å². The zero-order valence-electron chi connectivity index (χ0n) is 16.5. The van der Waals surface area contributed by atoms with Crippen LogP contribution < -0.4 is 15.0 Å². The van der Waals surface area contributed by atoms with E-state index in [1.807, 2.05) is 65.6 Å². The molecule has 0 radical (unpaired) electrons. The van der Waals surface area contributed by atoms with Crippen LogP contribution in [-0.2, 0) is 4.79 Å². The molecule has 0 saturated carbocycles. The van der Waals surface area contributed by atoms with Gasteiger partial charge in [-0.1, -0.05) is 43.7 Å². The zero-order chi connectivity index (χ0) is 20.2. The summed E-state index contributed by atoms with van der Waals surface area (Å²) in [5.74, 6) is 0.670. The van der Waals surface area contributed by atoms with Gasteiger partial charge in [-0.15, -0.1) is 0 Å². The first-order chi connectivity index (χ1) is 14.2. The van der Waals surface area contributed by atoms with Gasteiger partial charge in [-0.3, -0.25) is 9.59 Å². The van der Waals surface area contributed by atoms with Gasteiger partial charge in [0.2, 0.25) is 5.91 Å². The Morgan fingerprint density at radius 3 is 2.66 bits per heavy atom. The molecule has 148 valence electrons.